The van der Waals surface area contributed by atoms with Crippen LogP contribution in [-0.4, -0.2) is 43.4 Å². The minimum Gasteiger partial charge on any atom is -0.378 e. The Bertz CT molecular complexity index is 657. The van der Waals surface area contributed by atoms with Gasteiger partial charge in [-0.25, -0.2) is 0 Å². The van der Waals surface area contributed by atoms with Gasteiger partial charge in [0.05, 0.1) is 12.1 Å². The summed E-state index contributed by atoms with van der Waals surface area (Å²) in [5.74, 6) is -0.0704. The van der Waals surface area contributed by atoms with Gasteiger partial charge in [0.2, 0.25) is 5.76 Å². The van der Waals surface area contributed by atoms with Crippen LogP contribution in [0.3, 0.4) is 0 Å². The van der Waals surface area contributed by atoms with Crippen LogP contribution in [0, 0.1) is 6.92 Å². The van der Waals surface area contributed by atoms with Crippen molar-refractivity contribution in [2.24, 2.45) is 0 Å². The van der Waals surface area contributed by atoms with Crippen LogP contribution in [0.25, 0.3) is 11.3 Å². The van der Waals surface area contributed by atoms with Crippen molar-refractivity contribution in [3.8, 4) is 11.3 Å². The maximum absolute atomic E-state index is 12.2. The first-order chi connectivity index (χ1) is 10.7. The molecule has 2 N–H and O–H groups in total. The molecule has 2 atom stereocenters. The number of benzene rings is 1. The van der Waals surface area contributed by atoms with Gasteiger partial charge in [-0.05, 0) is 6.92 Å². The Balaban J connectivity index is 0.00000192. The number of aryl methyl sites for hydroxylation is 1. The van der Waals surface area contributed by atoms with Gasteiger partial charge < -0.3 is 19.9 Å². The summed E-state index contributed by atoms with van der Waals surface area (Å²) in [6.07, 6.45) is -0.0246. The Morgan fingerprint density at radius 1 is 1.35 bits per heavy atom. The Hall–Kier alpha value is -1.89. The van der Waals surface area contributed by atoms with E-state index in [2.05, 4.69) is 15.8 Å². The molecule has 7 heteroatoms. The van der Waals surface area contributed by atoms with Crippen LogP contribution in [0.15, 0.2) is 34.9 Å². The minimum atomic E-state index is -0.276. The predicted octanol–water partition coefficient (Wildman–Crippen LogP) is 1.79. The van der Waals surface area contributed by atoms with Crippen molar-refractivity contribution < 1.29 is 14.1 Å². The molecule has 0 bridgehead atoms. The Kier molecular flexibility index (Phi) is 5.76. The highest BCUT2D eigenvalue weighted by molar-refractivity contribution is 5.92. The number of carbonyl (C=O) groups excluding carboxylic acids is 1. The fourth-order valence-corrected chi connectivity index (χ4v) is 2.53. The molecule has 1 saturated heterocycles. The highest BCUT2D eigenvalue weighted by Gasteiger charge is 2.29. The second-order valence-electron chi connectivity index (χ2n) is 5.45. The van der Waals surface area contributed by atoms with Gasteiger partial charge >= 0.3 is 0 Å². The van der Waals surface area contributed by atoms with Gasteiger partial charge in [0.1, 0.15) is 5.69 Å². The maximum atomic E-state index is 12.2. The molecule has 0 radical (unpaired) electrons. The maximum Gasteiger partial charge on any atom is 0.290 e. The number of ether oxygens (including phenoxy) is 1. The predicted molar refractivity (Wildman–Crippen MR) is 88.8 cm³/mol. The van der Waals surface area contributed by atoms with Crippen molar-refractivity contribution in [3.63, 3.8) is 0 Å². The lowest BCUT2D eigenvalue weighted by molar-refractivity contribution is 0.0754. The number of nitrogens with zero attached hydrogens (tertiary/aromatic N) is 1. The van der Waals surface area contributed by atoms with Crippen molar-refractivity contribution in [3.05, 3.63) is 41.7 Å². The highest BCUT2D eigenvalue weighted by atomic mass is 35.5. The van der Waals surface area contributed by atoms with Crippen LogP contribution < -0.4 is 10.6 Å². The normalized spacial score (nSPS) is 20.1. The number of amides is 1. The molecule has 1 aromatic carbocycles. The number of aromatic nitrogens is 1. The van der Waals surface area contributed by atoms with E-state index in [1.165, 1.54) is 5.56 Å². The Labute approximate surface area is 141 Å². The molecule has 2 aromatic rings. The summed E-state index contributed by atoms with van der Waals surface area (Å²) in [5, 5.41) is 10.1. The first-order valence-corrected chi connectivity index (χ1v) is 7.25. The van der Waals surface area contributed by atoms with Crippen molar-refractivity contribution in [1.82, 2.24) is 15.8 Å². The molecule has 6 nitrogen and oxygen atoms in total. The van der Waals surface area contributed by atoms with Crippen molar-refractivity contribution in [2.45, 2.75) is 19.1 Å². The lowest BCUT2D eigenvalue weighted by atomic mass is 10.1. The third-order valence-electron chi connectivity index (χ3n) is 3.86. The summed E-state index contributed by atoms with van der Waals surface area (Å²) in [4.78, 5) is 12.2. The van der Waals surface area contributed by atoms with Gasteiger partial charge in [0, 0.05) is 31.8 Å². The first-order valence-electron chi connectivity index (χ1n) is 7.25. The molecular formula is C16H20ClN3O3. The molecule has 3 rings (SSSR count). The molecule has 2 heterocycles. The fourth-order valence-electron chi connectivity index (χ4n) is 2.53. The molecule has 23 heavy (non-hydrogen) atoms. The van der Waals surface area contributed by atoms with Crippen LogP contribution in [0.1, 0.15) is 16.1 Å². The number of methoxy groups -OCH3 is 1. The van der Waals surface area contributed by atoms with Gasteiger partial charge in [-0.2, -0.15) is 0 Å². The zero-order valence-electron chi connectivity index (χ0n) is 13.0. The van der Waals surface area contributed by atoms with Crippen molar-refractivity contribution in [2.75, 3.05) is 20.2 Å². The molecule has 0 spiro atoms. The van der Waals surface area contributed by atoms with Crippen LogP contribution in [0.5, 0.6) is 0 Å². The third kappa shape index (κ3) is 3.90. The van der Waals surface area contributed by atoms with Gasteiger partial charge in [-0.3, -0.25) is 4.79 Å². The van der Waals surface area contributed by atoms with Gasteiger partial charge in [-0.1, -0.05) is 35.0 Å². The second-order valence-corrected chi connectivity index (χ2v) is 5.45. The average Bonchev–Trinajstić information content (AvgIpc) is 3.16. The molecule has 2 unspecified atom stereocenters. The lowest BCUT2D eigenvalue weighted by Gasteiger charge is -2.17. The molecule has 1 amide bonds. The number of rotatable bonds is 4. The van der Waals surface area contributed by atoms with E-state index < -0.39 is 0 Å². The van der Waals surface area contributed by atoms with E-state index in [9.17, 15) is 4.79 Å². The minimum absolute atomic E-state index is 0. The molecule has 1 aromatic heterocycles. The van der Waals surface area contributed by atoms with E-state index in [0.717, 1.165) is 12.1 Å². The molecule has 1 fully saturated rings. The smallest absolute Gasteiger partial charge is 0.290 e. The zero-order valence-corrected chi connectivity index (χ0v) is 13.9. The molecule has 124 valence electrons. The molecule has 1 aliphatic heterocycles. The highest BCUT2D eigenvalue weighted by Crippen LogP contribution is 2.19. The van der Waals surface area contributed by atoms with Gasteiger partial charge in [0.15, 0.2) is 0 Å². The summed E-state index contributed by atoms with van der Waals surface area (Å²) in [5.41, 5.74) is 2.74. The van der Waals surface area contributed by atoms with Crippen LogP contribution >= 0.6 is 12.4 Å². The van der Waals surface area contributed by atoms with Crippen LogP contribution in [-0.2, 0) is 4.74 Å². The van der Waals surface area contributed by atoms with Crippen LogP contribution in [0.2, 0.25) is 0 Å². The molecular weight excluding hydrogens is 318 g/mol. The van der Waals surface area contributed by atoms with E-state index in [1.54, 1.807) is 13.2 Å². The monoisotopic (exact) mass is 337 g/mol. The summed E-state index contributed by atoms with van der Waals surface area (Å²) in [6.45, 7) is 3.43. The molecule has 0 saturated carbocycles. The quantitative estimate of drug-likeness (QED) is 0.889. The standard InChI is InChI=1S/C16H19N3O3.ClH/c1-10-3-5-11(6-4-10)12-7-14(22-19-12)16(20)18-13-8-17-9-15(13)21-2;/h3-7,13,15,17H,8-9H2,1-2H3,(H,18,20);1H. The van der Waals surface area contributed by atoms with Crippen molar-refractivity contribution in [1.29, 1.82) is 0 Å². The van der Waals surface area contributed by atoms with Gasteiger partial charge in [-0.15, -0.1) is 12.4 Å². The van der Waals surface area contributed by atoms with Crippen LogP contribution in [0.4, 0.5) is 0 Å². The SMILES string of the molecule is COC1CNCC1NC(=O)c1cc(-c2ccc(C)cc2)no1.Cl. The zero-order chi connectivity index (χ0) is 15.5. The van der Waals surface area contributed by atoms with E-state index in [-0.39, 0.29) is 36.2 Å². The first kappa shape index (κ1) is 17.5. The largest absolute Gasteiger partial charge is 0.378 e. The Morgan fingerprint density at radius 2 is 2.09 bits per heavy atom. The summed E-state index contributed by atoms with van der Waals surface area (Å²) < 4.78 is 10.5. The average molecular weight is 338 g/mol. The number of halogens is 1. The fraction of sp³-hybridized carbons (Fsp3) is 0.375. The summed E-state index contributed by atoms with van der Waals surface area (Å²) in [6, 6.07) is 9.50. The number of nitrogens with one attached hydrogen (secondary N) is 2. The number of carbonyl (C=O) groups is 1. The topological polar surface area (TPSA) is 76.4 Å². The number of hydrogen-bond donors (Lipinski definition) is 2. The van der Waals surface area contributed by atoms with E-state index in [1.807, 2.05) is 31.2 Å². The van der Waals surface area contributed by atoms with Gasteiger partial charge in [0.25, 0.3) is 5.91 Å². The summed E-state index contributed by atoms with van der Waals surface area (Å²) in [7, 11) is 1.64. The van der Waals surface area contributed by atoms with E-state index in [4.69, 9.17) is 9.26 Å². The van der Waals surface area contributed by atoms with E-state index in [0.29, 0.717) is 12.2 Å². The Morgan fingerprint density at radius 3 is 2.78 bits per heavy atom. The molecule has 1 aliphatic rings. The number of hydrogen-bond acceptors (Lipinski definition) is 5. The molecule has 0 aliphatic carbocycles. The van der Waals surface area contributed by atoms with E-state index >= 15 is 0 Å². The third-order valence-corrected chi connectivity index (χ3v) is 3.86. The summed E-state index contributed by atoms with van der Waals surface area (Å²) >= 11 is 0. The van der Waals surface area contributed by atoms with Crippen molar-refractivity contribution >= 4 is 18.3 Å². The lowest BCUT2D eigenvalue weighted by Crippen LogP contribution is -2.43. The second kappa shape index (κ2) is 7.59.